The molecule has 1 aliphatic heterocycles. The van der Waals surface area contributed by atoms with Gasteiger partial charge in [-0.15, -0.1) is 0 Å². The van der Waals surface area contributed by atoms with E-state index >= 15 is 0 Å². The molecule has 1 fully saturated rings. The highest BCUT2D eigenvalue weighted by Crippen LogP contribution is 2.26. The maximum absolute atomic E-state index is 13.2. The highest BCUT2D eigenvalue weighted by Gasteiger charge is 2.26. The van der Waals surface area contributed by atoms with E-state index in [9.17, 15) is 14.3 Å². The van der Waals surface area contributed by atoms with Gasteiger partial charge in [0.15, 0.2) is 0 Å². The van der Waals surface area contributed by atoms with Crippen LogP contribution in [0, 0.1) is 5.82 Å². The molecule has 1 aliphatic rings. The summed E-state index contributed by atoms with van der Waals surface area (Å²) in [5.41, 5.74) is 2.93. The van der Waals surface area contributed by atoms with Crippen molar-refractivity contribution in [2.75, 3.05) is 11.4 Å². The molecule has 0 bridgehead atoms. The Kier molecular flexibility index (Phi) is 7.10. The number of carboxylic acids is 1. The molecule has 0 aliphatic carbocycles. The van der Waals surface area contributed by atoms with Crippen molar-refractivity contribution in [2.24, 2.45) is 0 Å². The molecule has 3 aromatic rings. The van der Waals surface area contributed by atoms with E-state index in [0.717, 1.165) is 37.8 Å². The van der Waals surface area contributed by atoms with Crippen molar-refractivity contribution in [1.82, 2.24) is 9.97 Å². The monoisotopic (exact) mass is 433 g/mol. The van der Waals surface area contributed by atoms with Crippen molar-refractivity contribution in [1.29, 1.82) is 0 Å². The third-order valence-corrected chi connectivity index (χ3v) is 6.14. The number of anilines is 1. The summed E-state index contributed by atoms with van der Waals surface area (Å²) in [6, 6.07) is 17.1. The van der Waals surface area contributed by atoms with Crippen molar-refractivity contribution in [2.45, 2.75) is 51.0 Å². The molecule has 5 nitrogen and oxygen atoms in total. The van der Waals surface area contributed by atoms with Crippen LogP contribution in [-0.4, -0.2) is 33.6 Å². The molecule has 4 rings (SSSR count). The summed E-state index contributed by atoms with van der Waals surface area (Å²) in [7, 11) is 0. The van der Waals surface area contributed by atoms with Crippen molar-refractivity contribution in [3.8, 4) is 0 Å². The maximum atomic E-state index is 13.2. The SMILES string of the molecule is O=C(O)c1cnc(N2CCCC[C@H]2CCc2ccccc2)nc1CCc1ccc(F)cc1. The minimum atomic E-state index is -1.02. The molecule has 1 saturated heterocycles. The first-order valence-corrected chi connectivity index (χ1v) is 11.2. The van der Waals surface area contributed by atoms with Crippen LogP contribution in [0.2, 0.25) is 0 Å². The molecule has 2 aromatic carbocycles. The number of aryl methyl sites for hydroxylation is 3. The number of halogens is 1. The highest BCUT2D eigenvalue weighted by molar-refractivity contribution is 5.88. The van der Waals surface area contributed by atoms with E-state index in [-0.39, 0.29) is 11.4 Å². The average molecular weight is 434 g/mol. The van der Waals surface area contributed by atoms with E-state index in [2.05, 4.69) is 34.1 Å². The van der Waals surface area contributed by atoms with Crippen LogP contribution in [0.25, 0.3) is 0 Å². The number of piperidine rings is 1. The average Bonchev–Trinajstić information content (AvgIpc) is 2.83. The lowest BCUT2D eigenvalue weighted by atomic mass is 9.96. The first-order valence-electron chi connectivity index (χ1n) is 11.2. The van der Waals surface area contributed by atoms with Gasteiger partial charge in [-0.25, -0.2) is 19.2 Å². The fourth-order valence-electron chi connectivity index (χ4n) is 4.37. The molecule has 0 radical (unpaired) electrons. The fourth-order valence-corrected chi connectivity index (χ4v) is 4.37. The molecule has 166 valence electrons. The molecule has 1 N–H and O–H groups in total. The Morgan fingerprint density at radius 2 is 1.75 bits per heavy atom. The number of carboxylic acid groups (broad SMARTS) is 1. The smallest absolute Gasteiger partial charge is 0.339 e. The van der Waals surface area contributed by atoms with Crippen LogP contribution in [-0.2, 0) is 19.3 Å². The van der Waals surface area contributed by atoms with E-state index in [0.29, 0.717) is 30.5 Å². The minimum absolute atomic E-state index is 0.133. The second kappa shape index (κ2) is 10.4. The Labute approximate surface area is 188 Å². The number of nitrogens with zero attached hydrogens (tertiary/aromatic N) is 3. The van der Waals surface area contributed by atoms with Crippen LogP contribution in [0.3, 0.4) is 0 Å². The van der Waals surface area contributed by atoms with E-state index < -0.39 is 5.97 Å². The molecule has 1 atom stereocenters. The number of aromatic carboxylic acids is 1. The van der Waals surface area contributed by atoms with E-state index in [1.54, 1.807) is 12.1 Å². The summed E-state index contributed by atoms with van der Waals surface area (Å²) < 4.78 is 13.2. The molecule has 2 heterocycles. The zero-order valence-corrected chi connectivity index (χ0v) is 18.1. The summed E-state index contributed by atoms with van der Waals surface area (Å²) in [6.45, 7) is 0.878. The van der Waals surface area contributed by atoms with Gasteiger partial charge in [0, 0.05) is 18.8 Å². The molecule has 0 amide bonds. The van der Waals surface area contributed by atoms with Gasteiger partial charge in [0.05, 0.1) is 11.3 Å². The number of hydrogen-bond donors (Lipinski definition) is 1. The van der Waals surface area contributed by atoms with E-state index in [1.807, 2.05) is 6.07 Å². The summed E-state index contributed by atoms with van der Waals surface area (Å²) in [5, 5.41) is 9.62. The number of rotatable bonds is 8. The molecule has 1 aromatic heterocycles. The third kappa shape index (κ3) is 5.49. The molecular formula is C26H28FN3O2. The zero-order valence-electron chi connectivity index (χ0n) is 18.1. The van der Waals surface area contributed by atoms with Crippen molar-refractivity contribution < 1.29 is 14.3 Å². The van der Waals surface area contributed by atoms with Gasteiger partial charge in [-0.3, -0.25) is 0 Å². The number of aromatic nitrogens is 2. The van der Waals surface area contributed by atoms with Crippen LogP contribution in [0.15, 0.2) is 60.8 Å². The summed E-state index contributed by atoms with van der Waals surface area (Å²) in [6.07, 6.45) is 7.85. The molecule has 0 spiro atoms. The predicted octanol–water partition coefficient (Wildman–Crippen LogP) is 5.09. The van der Waals surface area contributed by atoms with Crippen molar-refractivity contribution in [3.05, 3.63) is 89.0 Å². The van der Waals surface area contributed by atoms with Crippen LogP contribution < -0.4 is 4.90 Å². The lowest BCUT2D eigenvalue weighted by Gasteiger charge is -2.36. The van der Waals surface area contributed by atoms with E-state index in [4.69, 9.17) is 4.98 Å². The quantitative estimate of drug-likeness (QED) is 0.536. The van der Waals surface area contributed by atoms with Gasteiger partial charge >= 0.3 is 5.97 Å². The van der Waals surface area contributed by atoms with Crippen molar-refractivity contribution >= 4 is 11.9 Å². The normalized spacial score (nSPS) is 16.2. The first-order chi connectivity index (χ1) is 15.6. The predicted molar refractivity (Wildman–Crippen MR) is 123 cm³/mol. The van der Waals surface area contributed by atoms with Gasteiger partial charge in [-0.2, -0.15) is 0 Å². The summed E-state index contributed by atoms with van der Waals surface area (Å²) in [5.74, 6) is -0.692. The Morgan fingerprint density at radius 3 is 2.50 bits per heavy atom. The van der Waals surface area contributed by atoms with Gasteiger partial charge in [0.1, 0.15) is 5.82 Å². The van der Waals surface area contributed by atoms with Crippen LogP contribution in [0.5, 0.6) is 0 Å². The second-order valence-corrected chi connectivity index (χ2v) is 8.33. The number of benzene rings is 2. The third-order valence-electron chi connectivity index (χ3n) is 6.14. The van der Waals surface area contributed by atoms with Gasteiger partial charge < -0.3 is 10.0 Å². The molecule has 32 heavy (non-hydrogen) atoms. The summed E-state index contributed by atoms with van der Waals surface area (Å²) in [4.78, 5) is 23.2. The lowest BCUT2D eigenvalue weighted by Crippen LogP contribution is -2.41. The van der Waals surface area contributed by atoms with Gasteiger partial charge in [0.25, 0.3) is 0 Å². The Balaban J connectivity index is 1.52. The minimum Gasteiger partial charge on any atom is -0.478 e. The molecular weight excluding hydrogens is 405 g/mol. The number of carbonyl (C=O) groups is 1. The molecule has 6 heteroatoms. The summed E-state index contributed by atoms with van der Waals surface area (Å²) >= 11 is 0. The first kappa shape index (κ1) is 21.9. The van der Waals surface area contributed by atoms with Crippen molar-refractivity contribution in [3.63, 3.8) is 0 Å². The topological polar surface area (TPSA) is 66.3 Å². The Hall–Kier alpha value is -3.28. The van der Waals surface area contributed by atoms with Crippen LogP contribution in [0.1, 0.15) is 52.9 Å². The zero-order chi connectivity index (χ0) is 22.3. The maximum Gasteiger partial charge on any atom is 0.339 e. The largest absolute Gasteiger partial charge is 0.478 e. The van der Waals surface area contributed by atoms with E-state index in [1.165, 1.54) is 30.3 Å². The number of hydrogen-bond acceptors (Lipinski definition) is 4. The highest BCUT2D eigenvalue weighted by atomic mass is 19.1. The lowest BCUT2D eigenvalue weighted by molar-refractivity contribution is 0.0694. The van der Waals surface area contributed by atoms with Gasteiger partial charge in [-0.1, -0.05) is 42.5 Å². The standard InChI is InChI=1S/C26H28FN3O2/c27-21-13-9-20(10-14-21)12-16-24-23(25(31)32)18-28-26(29-24)30-17-5-4-8-22(30)15-11-19-6-2-1-3-7-19/h1-3,6-7,9-10,13-14,18,22H,4-5,8,11-12,15-17H2,(H,31,32)/t22-/m0/s1. The molecule has 0 saturated carbocycles. The Bertz CT molecular complexity index is 1040. The Morgan fingerprint density at radius 1 is 1.00 bits per heavy atom. The van der Waals surface area contributed by atoms with Gasteiger partial charge in [-0.05, 0) is 68.2 Å². The van der Waals surface area contributed by atoms with Crippen LogP contribution >= 0.6 is 0 Å². The van der Waals surface area contributed by atoms with Gasteiger partial charge in [0.2, 0.25) is 5.95 Å². The second-order valence-electron chi connectivity index (χ2n) is 8.33. The molecule has 0 unspecified atom stereocenters. The fraction of sp³-hybridized carbons (Fsp3) is 0.346. The van der Waals surface area contributed by atoms with Crippen LogP contribution in [0.4, 0.5) is 10.3 Å².